The third-order valence-corrected chi connectivity index (χ3v) is 6.43. The van der Waals surface area contributed by atoms with Gasteiger partial charge in [0, 0.05) is 7.05 Å². The topological polar surface area (TPSA) is 97.9 Å². The molecule has 0 spiro atoms. The molecule has 1 amide bonds. The smallest absolute Gasteiger partial charge is 0.277 e. The molecule has 10 heteroatoms. The molecule has 4 N–H and O–H groups in total. The zero-order valence-electron chi connectivity index (χ0n) is 17.1. The summed E-state index contributed by atoms with van der Waals surface area (Å²) in [5.74, 6) is -1.55. The van der Waals surface area contributed by atoms with E-state index in [0.29, 0.717) is 11.6 Å². The van der Waals surface area contributed by atoms with E-state index in [1.54, 1.807) is 10.9 Å². The highest BCUT2D eigenvalue weighted by Crippen LogP contribution is 2.34. The Balaban J connectivity index is 1.55. The maximum Gasteiger partial charge on any atom is 0.277 e. The number of nitrogen functional groups attached to an aromatic ring is 1. The van der Waals surface area contributed by atoms with Crippen molar-refractivity contribution in [3.8, 4) is 10.6 Å². The second kappa shape index (κ2) is 9.11. The van der Waals surface area contributed by atoms with Crippen molar-refractivity contribution in [2.75, 3.05) is 24.1 Å². The summed E-state index contributed by atoms with van der Waals surface area (Å²) < 4.78 is 30.0. The average Bonchev–Trinajstić information content (AvgIpc) is 3.15. The fourth-order valence-electron chi connectivity index (χ4n) is 3.86. The van der Waals surface area contributed by atoms with Crippen LogP contribution >= 0.6 is 11.3 Å². The Morgan fingerprint density at radius 2 is 2.10 bits per heavy atom. The monoisotopic (exact) mass is 446 g/mol. The van der Waals surface area contributed by atoms with E-state index in [9.17, 15) is 13.6 Å². The van der Waals surface area contributed by atoms with Crippen molar-refractivity contribution in [1.29, 1.82) is 0 Å². The molecule has 1 saturated heterocycles. The largest absolute Gasteiger partial charge is 0.389 e. The standard InChI is InChI=1S/C21H24F2N6OS/c1-29-16(10-12-4-3-8-25-9-7-12)15(11-26-29)27-20(30)18-19(24)31-21(28-18)17-13(22)5-2-6-14(17)23/h2,5-6,11-12,25H,3-4,7-10,24H2,1H3,(H,27,30)/t12-/m1/s1. The maximum absolute atomic E-state index is 14.1. The van der Waals surface area contributed by atoms with Gasteiger partial charge in [0.2, 0.25) is 0 Å². The number of nitrogens with zero attached hydrogens (tertiary/aromatic N) is 3. The summed E-state index contributed by atoms with van der Waals surface area (Å²) in [5.41, 5.74) is 7.14. The van der Waals surface area contributed by atoms with Crippen LogP contribution < -0.4 is 16.4 Å². The summed E-state index contributed by atoms with van der Waals surface area (Å²) >= 11 is 0.873. The van der Waals surface area contributed by atoms with Crippen molar-refractivity contribution >= 4 is 27.9 Å². The van der Waals surface area contributed by atoms with Gasteiger partial charge in [-0.2, -0.15) is 5.10 Å². The third-order valence-electron chi connectivity index (χ3n) is 5.53. The van der Waals surface area contributed by atoms with Crippen LogP contribution in [-0.4, -0.2) is 33.8 Å². The molecule has 4 rings (SSSR count). The van der Waals surface area contributed by atoms with Gasteiger partial charge in [-0.1, -0.05) is 17.4 Å². The quantitative estimate of drug-likeness (QED) is 0.557. The SMILES string of the molecule is Cn1ncc(NC(=O)c2nc(-c3c(F)cccc3F)sc2N)c1C[C@@H]1CCCNCC1. The number of carbonyl (C=O) groups excluding carboxylic acids is 1. The molecule has 1 atom stereocenters. The predicted octanol–water partition coefficient (Wildman–Crippen LogP) is 3.59. The molecule has 0 radical (unpaired) electrons. The molecule has 3 aromatic rings. The van der Waals surface area contributed by atoms with Crippen LogP contribution in [0.2, 0.25) is 0 Å². The Hall–Kier alpha value is -2.85. The van der Waals surface area contributed by atoms with E-state index in [1.807, 2.05) is 7.05 Å². The zero-order chi connectivity index (χ0) is 22.0. The van der Waals surface area contributed by atoms with Crippen LogP contribution in [0.3, 0.4) is 0 Å². The summed E-state index contributed by atoms with van der Waals surface area (Å²) in [4.78, 5) is 17.0. The fourth-order valence-corrected chi connectivity index (χ4v) is 4.74. The number of anilines is 2. The highest BCUT2D eigenvalue weighted by Gasteiger charge is 2.23. The van der Waals surface area contributed by atoms with Crippen LogP contribution in [0.15, 0.2) is 24.4 Å². The first-order chi connectivity index (χ1) is 14.9. The van der Waals surface area contributed by atoms with E-state index in [4.69, 9.17) is 5.73 Å². The number of aryl methyl sites for hydroxylation is 1. The molecule has 1 aromatic carbocycles. The highest BCUT2D eigenvalue weighted by molar-refractivity contribution is 7.19. The van der Waals surface area contributed by atoms with E-state index in [2.05, 4.69) is 20.7 Å². The molecule has 0 aliphatic carbocycles. The van der Waals surface area contributed by atoms with Gasteiger partial charge in [-0.25, -0.2) is 13.8 Å². The molecular formula is C21H24F2N6OS. The number of halogens is 2. The molecular weight excluding hydrogens is 422 g/mol. The number of hydrogen-bond acceptors (Lipinski definition) is 6. The van der Waals surface area contributed by atoms with Crippen LogP contribution in [0.5, 0.6) is 0 Å². The van der Waals surface area contributed by atoms with Gasteiger partial charge < -0.3 is 16.4 Å². The van der Waals surface area contributed by atoms with Crippen molar-refractivity contribution < 1.29 is 13.6 Å². The number of benzene rings is 1. The highest BCUT2D eigenvalue weighted by atomic mass is 32.1. The Morgan fingerprint density at radius 3 is 2.87 bits per heavy atom. The second-order valence-electron chi connectivity index (χ2n) is 7.66. The van der Waals surface area contributed by atoms with Gasteiger partial charge in [-0.15, -0.1) is 0 Å². The minimum atomic E-state index is -0.756. The molecule has 1 aliphatic heterocycles. The Bertz CT molecular complexity index is 1070. The van der Waals surface area contributed by atoms with Gasteiger partial charge in [-0.05, 0) is 56.8 Å². The van der Waals surface area contributed by atoms with Gasteiger partial charge in [0.1, 0.15) is 21.6 Å². The van der Waals surface area contributed by atoms with Gasteiger partial charge in [0.15, 0.2) is 5.69 Å². The number of carbonyl (C=O) groups is 1. The van der Waals surface area contributed by atoms with Crippen LogP contribution in [0.4, 0.5) is 19.5 Å². The maximum atomic E-state index is 14.1. The van der Waals surface area contributed by atoms with E-state index in [1.165, 1.54) is 6.07 Å². The predicted molar refractivity (Wildman–Crippen MR) is 117 cm³/mol. The molecule has 1 fully saturated rings. The molecule has 164 valence electrons. The minimum absolute atomic E-state index is 0.0237. The zero-order valence-corrected chi connectivity index (χ0v) is 17.9. The van der Waals surface area contributed by atoms with Crippen LogP contribution in [0.1, 0.15) is 35.4 Å². The first-order valence-electron chi connectivity index (χ1n) is 10.2. The molecule has 31 heavy (non-hydrogen) atoms. The summed E-state index contributed by atoms with van der Waals surface area (Å²) in [7, 11) is 1.84. The van der Waals surface area contributed by atoms with Gasteiger partial charge in [0.05, 0.1) is 23.1 Å². The summed E-state index contributed by atoms with van der Waals surface area (Å²) in [5, 5.41) is 10.6. The number of aromatic nitrogens is 3. The summed E-state index contributed by atoms with van der Waals surface area (Å²) in [6.45, 7) is 2.01. The number of nitrogens with two attached hydrogens (primary N) is 1. The molecule has 7 nitrogen and oxygen atoms in total. The van der Waals surface area contributed by atoms with Crippen molar-refractivity contribution in [2.24, 2.45) is 13.0 Å². The van der Waals surface area contributed by atoms with Crippen molar-refractivity contribution in [1.82, 2.24) is 20.1 Å². The van der Waals surface area contributed by atoms with E-state index in [-0.39, 0.29) is 21.3 Å². The lowest BCUT2D eigenvalue weighted by Crippen LogP contribution is -2.17. The fraction of sp³-hybridized carbons (Fsp3) is 0.381. The minimum Gasteiger partial charge on any atom is -0.389 e. The lowest BCUT2D eigenvalue weighted by atomic mass is 9.95. The van der Waals surface area contributed by atoms with E-state index in [0.717, 1.165) is 67.9 Å². The Labute approximate surface area is 182 Å². The first kappa shape index (κ1) is 21.4. The molecule has 0 saturated carbocycles. The van der Waals surface area contributed by atoms with Crippen LogP contribution in [0, 0.1) is 17.6 Å². The summed E-state index contributed by atoms with van der Waals surface area (Å²) in [6, 6.07) is 3.55. The average molecular weight is 447 g/mol. The number of rotatable bonds is 5. The van der Waals surface area contributed by atoms with E-state index < -0.39 is 17.5 Å². The lowest BCUT2D eigenvalue weighted by molar-refractivity contribution is 0.102. The number of amides is 1. The molecule has 1 aliphatic rings. The van der Waals surface area contributed by atoms with Crippen molar-refractivity contribution in [3.63, 3.8) is 0 Å². The van der Waals surface area contributed by atoms with Crippen molar-refractivity contribution in [2.45, 2.75) is 25.7 Å². The second-order valence-corrected chi connectivity index (χ2v) is 8.69. The molecule has 0 bridgehead atoms. The van der Waals surface area contributed by atoms with E-state index >= 15 is 0 Å². The normalized spacial score (nSPS) is 16.8. The number of hydrogen-bond donors (Lipinski definition) is 3. The number of thiazole rings is 1. The van der Waals surface area contributed by atoms with Gasteiger partial charge >= 0.3 is 0 Å². The third kappa shape index (κ3) is 4.59. The Kier molecular flexibility index (Phi) is 6.28. The first-order valence-corrected chi connectivity index (χ1v) is 11.0. The number of nitrogens with one attached hydrogen (secondary N) is 2. The summed E-state index contributed by atoms with van der Waals surface area (Å²) in [6.07, 6.45) is 5.69. The molecule has 3 heterocycles. The van der Waals surface area contributed by atoms with Gasteiger partial charge in [0.25, 0.3) is 5.91 Å². The Morgan fingerprint density at radius 1 is 1.32 bits per heavy atom. The van der Waals surface area contributed by atoms with Crippen molar-refractivity contribution in [3.05, 3.63) is 47.4 Å². The van der Waals surface area contributed by atoms with Gasteiger partial charge in [-0.3, -0.25) is 9.48 Å². The van der Waals surface area contributed by atoms with Crippen LogP contribution in [0.25, 0.3) is 10.6 Å². The lowest BCUT2D eigenvalue weighted by Gasteiger charge is -2.15. The molecule has 2 aromatic heterocycles. The van der Waals surface area contributed by atoms with Crippen LogP contribution in [-0.2, 0) is 13.5 Å². The molecule has 0 unspecified atom stereocenters.